The number of aliphatic hydroxyl groups excluding tert-OH is 2. The van der Waals surface area contributed by atoms with Gasteiger partial charge in [-0.3, -0.25) is 4.79 Å². The third-order valence-electron chi connectivity index (χ3n) is 1.73. The van der Waals surface area contributed by atoms with Crippen molar-refractivity contribution < 1.29 is 15.0 Å². The van der Waals surface area contributed by atoms with Gasteiger partial charge in [-0.2, -0.15) is 0 Å². The smallest absolute Gasteiger partial charge is 0.166 e. The topological polar surface area (TPSA) is 57.5 Å². The second-order valence-corrected chi connectivity index (χ2v) is 2.37. The second-order valence-electron chi connectivity index (χ2n) is 2.37. The Labute approximate surface area is 59.0 Å². The highest BCUT2D eigenvalue weighted by atomic mass is 16.3. The molecule has 0 heterocycles. The Morgan fingerprint density at radius 2 is 2.30 bits per heavy atom. The number of rotatable bonds is 2. The first-order chi connectivity index (χ1) is 4.79. The average Bonchev–Trinajstić information content (AvgIpc) is 2.30. The van der Waals surface area contributed by atoms with Crippen molar-refractivity contribution in [2.24, 2.45) is 5.92 Å². The van der Waals surface area contributed by atoms with Crippen LogP contribution >= 0.6 is 0 Å². The van der Waals surface area contributed by atoms with Gasteiger partial charge in [-0.1, -0.05) is 6.08 Å². The molecule has 1 aliphatic rings. The summed E-state index contributed by atoms with van der Waals surface area (Å²) in [5.74, 6) is -0.396. The lowest BCUT2D eigenvalue weighted by Crippen LogP contribution is -2.15. The van der Waals surface area contributed by atoms with Gasteiger partial charge in [-0.25, -0.2) is 0 Å². The third-order valence-corrected chi connectivity index (χ3v) is 1.73. The Balaban J connectivity index is 2.60. The van der Waals surface area contributed by atoms with E-state index in [1.165, 1.54) is 0 Å². The number of Topliss-reactive ketones (excluding diaryl/α,β-unsaturated/α-hetero) is 1. The van der Waals surface area contributed by atoms with Crippen LogP contribution in [0.3, 0.4) is 0 Å². The first-order valence-corrected chi connectivity index (χ1v) is 3.24. The maximum absolute atomic E-state index is 11.0. The van der Waals surface area contributed by atoms with E-state index in [2.05, 4.69) is 0 Å². The van der Waals surface area contributed by atoms with Crippen LogP contribution in [0.15, 0.2) is 11.6 Å². The fraction of sp³-hybridized carbons (Fsp3) is 0.571. The zero-order valence-corrected chi connectivity index (χ0v) is 5.58. The first-order valence-electron chi connectivity index (χ1n) is 3.24. The lowest BCUT2D eigenvalue weighted by molar-refractivity contribution is -0.119. The minimum Gasteiger partial charge on any atom is -0.396 e. The maximum atomic E-state index is 11.0. The number of aliphatic hydroxyl groups is 2. The normalized spacial score (nSPS) is 25.2. The number of hydrogen-bond donors (Lipinski definition) is 2. The number of allylic oxidation sites excluding steroid dienone is 1. The molecule has 0 aromatic carbocycles. The largest absolute Gasteiger partial charge is 0.396 e. The molecule has 0 aromatic rings. The molecule has 10 heavy (non-hydrogen) atoms. The lowest BCUT2D eigenvalue weighted by Gasteiger charge is -2.01. The van der Waals surface area contributed by atoms with Gasteiger partial charge in [0.1, 0.15) is 0 Å². The van der Waals surface area contributed by atoms with Gasteiger partial charge in [0, 0.05) is 11.5 Å². The maximum Gasteiger partial charge on any atom is 0.166 e. The predicted octanol–water partition coefficient (Wildman–Crippen LogP) is -0.514. The Hall–Kier alpha value is -0.670. The zero-order chi connectivity index (χ0) is 7.56. The van der Waals surface area contributed by atoms with Gasteiger partial charge >= 0.3 is 0 Å². The van der Waals surface area contributed by atoms with Crippen molar-refractivity contribution in [3.63, 3.8) is 0 Å². The molecule has 2 N–H and O–H groups in total. The van der Waals surface area contributed by atoms with Gasteiger partial charge in [-0.05, 0) is 6.42 Å². The second kappa shape index (κ2) is 2.94. The summed E-state index contributed by atoms with van der Waals surface area (Å²) in [4.78, 5) is 11.0. The van der Waals surface area contributed by atoms with Crippen LogP contribution in [0.1, 0.15) is 6.42 Å². The molecule has 0 aromatic heterocycles. The number of carbonyl (C=O) groups excluding carboxylic acids is 1. The third kappa shape index (κ3) is 1.10. The molecule has 3 nitrogen and oxygen atoms in total. The predicted molar refractivity (Wildman–Crippen MR) is 35.4 cm³/mol. The molecular formula is C7H10O3. The molecule has 0 saturated heterocycles. The number of carbonyl (C=O) groups is 1. The van der Waals surface area contributed by atoms with E-state index in [4.69, 9.17) is 10.2 Å². The van der Waals surface area contributed by atoms with Crippen molar-refractivity contribution in [2.75, 3.05) is 13.2 Å². The lowest BCUT2D eigenvalue weighted by atomic mass is 10.1. The standard InChI is InChI=1S/C7H10O3/c8-3-5-1-2-6(4-9)7(5)10/h1,6,8-9H,2-4H2. The van der Waals surface area contributed by atoms with Crippen LogP contribution in [0.25, 0.3) is 0 Å². The number of hydrogen-bond acceptors (Lipinski definition) is 3. The van der Waals surface area contributed by atoms with E-state index in [-0.39, 0.29) is 24.9 Å². The van der Waals surface area contributed by atoms with Crippen molar-refractivity contribution in [3.8, 4) is 0 Å². The van der Waals surface area contributed by atoms with Crippen LogP contribution < -0.4 is 0 Å². The van der Waals surface area contributed by atoms with Crippen LogP contribution in [0.2, 0.25) is 0 Å². The Morgan fingerprint density at radius 3 is 2.60 bits per heavy atom. The summed E-state index contributed by atoms with van der Waals surface area (Å²) in [5, 5.41) is 17.2. The number of ketones is 1. The molecule has 0 bridgehead atoms. The molecular weight excluding hydrogens is 132 g/mol. The van der Waals surface area contributed by atoms with Crippen LogP contribution in [-0.4, -0.2) is 29.2 Å². The molecule has 0 spiro atoms. The van der Waals surface area contributed by atoms with E-state index in [1.54, 1.807) is 6.08 Å². The molecule has 0 radical (unpaired) electrons. The van der Waals surface area contributed by atoms with Crippen molar-refractivity contribution >= 4 is 5.78 Å². The van der Waals surface area contributed by atoms with Gasteiger partial charge in [0.05, 0.1) is 13.2 Å². The first kappa shape index (κ1) is 7.44. The van der Waals surface area contributed by atoms with E-state index < -0.39 is 0 Å². The summed E-state index contributed by atoms with van der Waals surface area (Å²) < 4.78 is 0. The van der Waals surface area contributed by atoms with Crippen LogP contribution in [0.5, 0.6) is 0 Å². The van der Waals surface area contributed by atoms with Crippen LogP contribution in [0, 0.1) is 5.92 Å². The van der Waals surface area contributed by atoms with Crippen LogP contribution in [0.4, 0.5) is 0 Å². The van der Waals surface area contributed by atoms with Gasteiger partial charge in [-0.15, -0.1) is 0 Å². The monoisotopic (exact) mass is 142 g/mol. The molecule has 0 fully saturated rings. The van der Waals surface area contributed by atoms with E-state index in [9.17, 15) is 4.79 Å². The molecule has 1 unspecified atom stereocenters. The van der Waals surface area contributed by atoms with E-state index in [0.717, 1.165) is 0 Å². The van der Waals surface area contributed by atoms with Gasteiger partial charge < -0.3 is 10.2 Å². The Bertz CT molecular complexity index is 172. The van der Waals surface area contributed by atoms with Crippen molar-refractivity contribution in [3.05, 3.63) is 11.6 Å². The molecule has 3 heteroatoms. The highest BCUT2D eigenvalue weighted by Gasteiger charge is 2.25. The summed E-state index contributed by atoms with van der Waals surface area (Å²) >= 11 is 0. The summed E-state index contributed by atoms with van der Waals surface area (Å²) in [6, 6.07) is 0. The van der Waals surface area contributed by atoms with Gasteiger partial charge in [0.15, 0.2) is 5.78 Å². The molecule has 0 saturated carbocycles. The molecule has 1 rings (SSSR count). The molecule has 0 aliphatic heterocycles. The fourth-order valence-corrected chi connectivity index (χ4v) is 1.05. The molecule has 1 aliphatic carbocycles. The SMILES string of the molecule is O=C1C(CO)=CCC1CO. The minimum atomic E-state index is -0.290. The molecule has 0 amide bonds. The van der Waals surface area contributed by atoms with Gasteiger partial charge in [0.2, 0.25) is 0 Å². The quantitative estimate of drug-likeness (QED) is 0.545. The van der Waals surface area contributed by atoms with Crippen molar-refractivity contribution in [1.29, 1.82) is 0 Å². The summed E-state index contributed by atoms with van der Waals surface area (Å²) in [7, 11) is 0. The van der Waals surface area contributed by atoms with Crippen LogP contribution in [-0.2, 0) is 4.79 Å². The summed E-state index contributed by atoms with van der Waals surface area (Å²) in [6.07, 6.45) is 2.26. The summed E-state index contributed by atoms with van der Waals surface area (Å²) in [5.41, 5.74) is 0.444. The Morgan fingerprint density at radius 1 is 1.60 bits per heavy atom. The van der Waals surface area contributed by atoms with E-state index >= 15 is 0 Å². The highest BCUT2D eigenvalue weighted by Crippen LogP contribution is 2.19. The van der Waals surface area contributed by atoms with E-state index in [1.807, 2.05) is 0 Å². The fourth-order valence-electron chi connectivity index (χ4n) is 1.05. The zero-order valence-electron chi connectivity index (χ0n) is 5.58. The highest BCUT2D eigenvalue weighted by molar-refractivity contribution is 5.99. The Kier molecular flexibility index (Phi) is 2.19. The van der Waals surface area contributed by atoms with Crippen molar-refractivity contribution in [1.82, 2.24) is 0 Å². The minimum absolute atomic E-state index is 0.106. The van der Waals surface area contributed by atoms with Gasteiger partial charge in [0.25, 0.3) is 0 Å². The summed E-state index contributed by atoms with van der Waals surface area (Å²) in [6.45, 7) is -0.311. The molecule has 56 valence electrons. The molecule has 1 atom stereocenters. The van der Waals surface area contributed by atoms with E-state index in [0.29, 0.717) is 12.0 Å². The van der Waals surface area contributed by atoms with Crippen molar-refractivity contribution in [2.45, 2.75) is 6.42 Å². The average molecular weight is 142 g/mol.